The fourth-order valence-electron chi connectivity index (χ4n) is 3.72. The van der Waals surface area contributed by atoms with Gasteiger partial charge >= 0.3 is 0 Å². The molecule has 1 heterocycles. The van der Waals surface area contributed by atoms with Gasteiger partial charge in [-0.2, -0.15) is 0 Å². The van der Waals surface area contributed by atoms with Crippen molar-refractivity contribution in [3.05, 3.63) is 0 Å². The van der Waals surface area contributed by atoms with E-state index in [4.69, 9.17) is 5.73 Å². The molecule has 0 aromatic rings. The van der Waals surface area contributed by atoms with Gasteiger partial charge in [-0.25, -0.2) is 0 Å². The molecule has 20 heavy (non-hydrogen) atoms. The van der Waals surface area contributed by atoms with E-state index in [1.54, 1.807) is 0 Å². The molecule has 1 saturated carbocycles. The average molecular weight is 303 g/mol. The van der Waals surface area contributed by atoms with Crippen LogP contribution in [0, 0.1) is 11.8 Å². The van der Waals surface area contributed by atoms with Crippen LogP contribution in [0.4, 0.5) is 0 Å². The summed E-state index contributed by atoms with van der Waals surface area (Å²) in [4.78, 5) is 14.7. The van der Waals surface area contributed by atoms with E-state index >= 15 is 0 Å². The van der Waals surface area contributed by atoms with Crippen LogP contribution in [0.15, 0.2) is 0 Å². The number of likely N-dealkylation sites (tertiary alicyclic amines) is 1. The van der Waals surface area contributed by atoms with Gasteiger partial charge in [0.15, 0.2) is 0 Å². The van der Waals surface area contributed by atoms with Crippen molar-refractivity contribution in [2.45, 2.75) is 70.8 Å². The number of rotatable bonds is 5. The molecule has 2 N–H and O–H groups in total. The highest BCUT2D eigenvalue weighted by molar-refractivity contribution is 5.85. The summed E-state index contributed by atoms with van der Waals surface area (Å²) < 4.78 is 0. The molecule has 0 bridgehead atoms. The van der Waals surface area contributed by atoms with Gasteiger partial charge in [-0.15, -0.1) is 12.4 Å². The Balaban J connectivity index is 0.00000200. The van der Waals surface area contributed by atoms with Crippen molar-refractivity contribution in [1.29, 1.82) is 0 Å². The molecule has 1 saturated heterocycles. The molecule has 0 spiro atoms. The Labute approximate surface area is 130 Å². The zero-order valence-corrected chi connectivity index (χ0v) is 13.7. The van der Waals surface area contributed by atoms with Crippen molar-refractivity contribution < 1.29 is 4.79 Å². The first-order chi connectivity index (χ1) is 9.20. The number of carbonyl (C=O) groups excluding carboxylic acids is 1. The largest absolute Gasteiger partial charge is 0.342 e. The van der Waals surface area contributed by atoms with Crippen molar-refractivity contribution in [3.63, 3.8) is 0 Å². The number of hydrogen-bond acceptors (Lipinski definition) is 2. The number of piperidine rings is 1. The molecule has 1 amide bonds. The van der Waals surface area contributed by atoms with Gasteiger partial charge in [-0.3, -0.25) is 4.79 Å². The van der Waals surface area contributed by atoms with Crippen LogP contribution in [-0.2, 0) is 4.79 Å². The molecule has 2 rings (SSSR count). The summed E-state index contributed by atoms with van der Waals surface area (Å²) in [6, 6.07) is 0.309. The minimum absolute atomic E-state index is 0. The van der Waals surface area contributed by atoms with Crippen LogP contribution in [0.25, 0.3) is 0 Å². The van der Waals surface area contributed by atoms with Crippen LogP contribution < -0.4 is 5.73 Å². The van der Waals surface area contributed by atoms with Gasteiger partial charge in [0, 0.05) is 25.0 Å². The van der Waals surface area contributed by atoms with Crippen molar-refractivity contribution >= 4 is 18.3 Å². The highest BCUT2D eigenvalue weighted by Crippen LogP contribution is 2.32. The van der Waals surface area contributed by atoms with Crippen LogP contribution in [0.2, 0.25) is 0 Å². The maximum atomic E-state index is 12.7. The van der Waals surface area contributed by atoms with E-state index in [1.165, 1.54) is 25.7 Å². The maximum absolute atomic E-state index is 12.7. The Bertz CT molecular complexity index is 284. The van der Waals surface area contributed by atoms with Gasteiger partial charge in [0.25, 0.3) is 0 Å². The van der Waals surface area contributed by atoms with Crippen LogP contribution >= 0.6 is 12.4 Å². The predicted octanol–water partition coefficient (Wildman–Crippen LogP) is 3.35. The fraction of sp³-hybridized carbons (Fsp3) is 0.938. The number of nitrogens with zero attached hydrogens (tertiary/aromatic N) is 1. The molecule has 4 heteroatoms. The van der Waals surface area contributed by atoms with Crippen LogP contribution in [0.1, 0.15) is 64.7 Å². The Hall–Kier alpha value is -0.280. The lowest BCUT2D eigenvalue weighted by molar-refractivity contribution is -0.137. The van der Waals surface area contributed by atoms with E-state index in [9.17, 15) is 4.79 Å². The number of nitrogens with two attached hydrogens (primary N) is 1. The first-order valence-electron chi connectivity index (χ1n) is 8.25. The smallest absolute Gasteiger partial charge is 0.225 e. The van der Waals surface area contributed by atoms with Crippen molar-refractivity contribution in [2.24, 2.45) is 17.6 Å². The second-order valence-corrected chi connectivity index (χ2v) is 6.53. The third kappa shape index (κ3) is 4.92. The Morgan fingerprint density at radius 2 is 1.80 bits per heavy atom. The van der Waals surface area contributed by atoms with Crippen molar-refractivity contribution in [2.75, 3.05) is 13.1 Å². The van der Waals surface area contributed by atoms with E-state index in [0.29, 0.717) is 11.9 Å². The number of hydrogen-bond donors (Lipinski definition) is 1. The third-order valence-corrected chi connectivity index (χ3v) is 4.93. The molecule has 0 aromatic carbocycles. The molecule has 1 unspecified atom stereocenters. The summed E-state index contributed by atoms with van der Waals surface area (Å²) in [7, 11) is 0. The molecule has 0 radical (unpaired) electrons. The zero-order chi connectivity index (χ0) is 13.7. The van der Waals surface area contributed by atoms with Gasteiger partial charge < -0.3 is 10.6 Å². The molecule has 1 aliphatic carbocycles. The molecule has 118 valence electrons. The zero-order valence-electron chi connectivity index (χ0n) is 12.9. The highest BCUT2D eigenvalue weighted by atomic mass is 35.5. The summed E-state index contributed by atoms with van der Waals surface area (Å²) in [5, 5.41) is 0. The van der Waals surface area contributed by atoms with Gasteiger partial charge in [0.1, 0.15) is 0 Å². The Morgan fingerprint density at radius 3 is 2.35 bits per heavy atom. The van der Waals surface area contributed by atoms with E-state index in [0.717, 1.165) is 51.1 Å². The van der Waals surface area contributed by atoms with Gasteiger partial charge in [-0.05, 0) is 31.6 Å². The van der Waals surface area contributed by atoms with E-state index in [1.807, 2.05) is 0 Å². The monoisotopic (exact) mass is 302 g/mol. The third-order valence-electron chi connectivity index (χ3n) is 4.93. The van der Waals surface area contributed by atoms with Gasteiger partial charge in [0.05, 0.1) is 0 Å². The molecular weight excluding hydrogens is 272 g/mol. The molecule has 2 aliphatic rings. The van der Waals surface area contributed by atoms with E-state index in [2.05, 4.69) is 11.8 Å². The summed E-state index contributed by atoms with van der Waals surface area (Å²) in [6.45, 7) is 3.96. The topological polar surface area (TPSA) is 46.3 Å². The SMILES string of the molecule is CCCC(CC1CCCC1)C(=O)N1CCC(N)CC1.Cl. The summed E-state index contributed by atoms with van der Waals surface area (Å²) in [6.07, 6.45) is 10.7. The highest BCUT2D eigenvalue weighted by Gasteiger charge is 2.29. The Kier molecular flexibility index (Phi) is 7.90. The average Bonchev–Trinajstić information content (AvgIpc) is 2.91. The summed E-state index contributed by atoms with van der Waals surface area (Å²) in [5.74, 6) is 1.51. The molecule has 1 aliphatic heterocycles. The van der Waals surface area contributed by atoms with E-state index < -0.39 is 0 Å². The number of carbonyl (C=O) groups is 1. The predicted molar refractivity (Wildman–Crippen MR) is 86.0 cm³/mol. The normalized spacial score (nSPS) is 22.6. The molecule has 1 atom stereocenters. The second kappa shape index (κ2) is 8.89. The minimum Gasteiger partial charge on any atom is -0.342 e. The van der Waals surface area contributed by atoms with Crippen molar-refractivity contribution in [1.82, 2.24) is 4.90 Å². The summed E-state index contributed by atoms with van der Waals surface area (Å²) in [5.41, 5.74) is 5.93. The second-order valence-electron chi connectivity index (χ2n) is 6.53. The maximum Gasteiger partial charge on any atom is 0.225 e. The standard InChI is InChI=1S/C16H30N2O.ClH/c1-2-5-14(12-13-6-3-4-7-13)16(19)18-10-8-15(17)9-11-18;/h13-15H,2-12,17H2,1H3;1H. The van der Waals surface area contributed by atoms with E-state index in [-0.39, 0.29) is 18.3 Å². The molecule has 0 aromatic heterocycles. The summed E-state index contributed by atoms with van der Waals surface area (Å²) >= 11 is 0. The number of halogens is 1. The molecule has 2 fully saturated rings. The first kappa shape index (κ1) is 17.8. The van der Waals surface area contributed by atoms with Crippen molar-refractivity contribution in [3.8, 4) is 0 Å². The minimum atomic E-state index is 0. The lowest BCUT2D eigenvalue weighted by atomic mass is 9.88. The first-order valence-corrected chi connectivity index (χ1v) is 8.25. The Morgan fingerprint density at radius 1 is 1.20 bits per heavy atom. The van der Waals surface area contributed by atoms with Crippen LogP contribution in [0.5, 0.6) is 0 Å². The molecular formula is C16H31ClN2O. The van der Waals surface area contributed by atoms with Gasteiger partial charge in [-0.1, -0.05) is 39.0 Å². The molecule has 3 nitrogen and oxygen atoms in total. The van der Waals surface area contributed by atoms with Gasteiger partial charge in [0.2, 0.25) is 5.91 Å². The quantitative estimate of drug-likeness (QED) is 0.846. The van der Waals surface area contributed by atoms with Crippen LogP contribution in [-0.4, -0.2) is 29.9 Å². The lowest BCUT2D eigenvalue weighted by Gasteiger charge is -2.33. The fourth-order valence-corrected chi connectivity index (χ4v) is 3.72. The van der Waals surface area contributed by atoms with Crippen LogP contribution in [0.3, 0.4) is 0 Å². The number of amides is 1. The lowest BCUT2D eigenvalue weighted by Crippen LogP contribution is -2.45.